The van der Waals surface area contributed by atoms with Crippen molar-refractivity contribution in [3.8, 4) is 0 Å². The molecule has 0 aliphatic carbocycles. The fraction of sp³-hybridized carbons (Fsp3) is 0.0909. The van der Waals surface area contributed by atoms with Gasteiger partial charge in [-0.2, -0.15) is 0 Å². The molecule has 1 unspecified atom stereocenters. The number of rotatable bonds is 2. The molecule has 2 N–H and O–H groups in total. The lowest BCUT2D eigenvalue weighted by atomic mass is 10.0. The summed E-state index contributed by atoms with van der Waals surface area (Å²) >= 11 is 9.50. The van der Waals surface area contributed by atoms with Crippen LogP contribution >= 0.6 is 45.5 Å². The standard InChI is InChI=1S/C11H8ClFINS/c12-7-1-2-8(9(13)4-7)11(15)6-3-10(14)16-5-6/h1-5,11H,15H2. The first kappa shape index (κ1) is 12.3. The minimum absolute atomic E-state index is 0.360. The molecule has 0 fully saturated rings. The molecule has 0 aliphatic heterocycles. The quantitative estimate of drug-likeness (QED) is 0.791. The molecule has 0 saturated carbocycles. The van der Waals surface area contributed by atoms with Gasteiger partial charge < -0.3 is 5.73 Å². The number of hydrogen-bond donors (Lipinski definition) is 1. The first-order valence-electron chi connectivity index (χ1n) is 4.52. The Bertz CT molecular complexity index is 514. The Morgan fingerprint density at radius 2 is 2.12 bits per heavy atom. The zero-order valence-corrected chi connectivity index (χ0v) is 11.8. The summed E-state index contributed by atoms with van der Waals surface area (Å²) in [5, 5.41) is 2.33. The molecular weight excluding hydrogens is 360 g/mol. The van der Waals surface area contributed by atoms with Gasteiger partial charge in [-0.15, -0.1) is 11.3 Å². The van der Waals surface area contributed by atoms with E-state index < -0.39 is 6.04 Å². The van der Waals surface area contributed by atoms with Gasteiger partial charge in [0, 0.05) is 10.6 Å². The van der Waals surface area contributed by atoms with E-state index in [9.17, 15) is 4.39 Å². The van der Waals surface area contributed by atoms with Gasteiger partial charge in [0.1, 0.15) is 5.82 Å². The van der Waals surface area contributed by atoms with Crippen LogP contribution in [0.1, 0.15) is 17.2 Å². The van der Waals surface area contributed by atoms with Gasteiger partial charge in [0.2, 0.25) is 0 Å². The minimum atomic E-state index is -0.433. The highest BCUT2D eigenvalue weighted by molar-refractivity contribution is 14.1. The highest BCUT2D eigenvalue weighted by Gasteiger charge is 2.14. The van der Waals surface area contributed by atoms with Gasteiger partial charge >= 0.3 is 0 Å². The van der Waals surface area contributed by atoms with E-state index in [-0.39, 0.29) is 5.82 Å². The Hall–Kier alpha value is -0.170. The third-order valence-corrected chi connectivity index (χ3v) is 4.29. The average Bonchev–Trinajstić information content (AvgIpc) is 2.64. The molecule has 0 saturated heterocycles. The van der Waals surface area contributed by atoms with Crippen molar-refractivity contribution < 1.29 is 4.39 Å². The summed E-state index contributed by atoms with van der Waals surface area (Å²) in [6.45, 7) is 0. The summed E-state index contributed by atoms with van der Waals surface area (Å²) in [6, 6.07) is 6.10. The topological polar surface area (TPSA) is 26.0 Å². The van der Waals surface area contributed by atoms with Gasteiger partial charge in [-0.3, -0.25) is 0 Å². The summed E-state index contributed by atoms with van der Waals surface area (Å²) in [5.74, 6) is -0.360. The fourth-order valence-electron chi connectivity index (χ4n) is 1.42. The van der Waals surface area contributed by atoms with E-state index >= 15 is 0 Å². The lowest BCUT2D eigenvalue weighted by molar-refractivity contribution is 0.600. The lowest BCUT2D eigenvalue weighted by Crippen LogP contribution is -2.12. The Kier molecular flexibility index (Phi) is 3.84. The molecule has 1 heterocycles. The van der Waals surface area contributed by atoms with Gasteiger partial charge in [0.15, 0.2) is 0 Å². The second-order valence-electron chi connectivity index (χ2n) is 3.33. The zero-order chi connectivity index (χ0) is 11.7. The smallest absolute Gasteiger partial charge is 0.129 e. The van der Waals surface area contributed by atoms with E-state index in [0.717, 1.165) is 8.45 Å². The van der Waals surface area contributed by atoms with E-state index in [2.05, 4.69) is 22.6 Å². The Labute approximate surface area is 116 Å². The highest BCUT2D eigenvalue weighted by atomic mass is 127. The molecule has 1 aromatic carbocycles. The summed E-state index contributed by atoms with van der Waals surface area (Å²) in [6.07, 6.45) is 0. The van der Waals surface area contributed by atoms with Crippen LogP contribution in [-0.4, -0.2) is 0 Å². The summed E-state index contributed by atoms with van der Waals surface area (Å²) < 4.78 is 14.8. The maximum atomic E-state index is 13.6. The third-order valence-electron chi connectivity index (χ3n) is 2.24. The zero-order valence-electron chi connectivity index (χ0n) is 8.08. The van der Waals surface area contributed by atoms with E-state index in [4.69, 9.17) is 17.3 Å². The van der Waals surface area contributed by atoms with Crippen LogP contribution in [0.5, 0.6) is 0 Å². The maximum absolute atomic E-state index is 13.6. The van der Waals surface area contributed by atoms with Gasteiger partial charge in [-0.05, 0) is 51.7 Å². The van der Waals surface area contributed by atoms with Crippen molar-refractivity contribution >= 4 is 45.5 Å². The van der Waals surface area contributed by atoms with Crippen LogP contribution in [-0.2, 0) is 0 Å². The molecule has 5 heteroatoms. The highest BCUT2D eigenvalue weighted by Crippen LogP contribution is 2.28. The normalized spacial score (nSPS) is 12.8. The van der Waals surface area contributed by atoms with Crippen LogP contribution < -0.4 is 5.73 Å². The maximum Gasteiger partial charge on any atom is 0.129 e. The van der Waals surface area contributed by atoms with E-state index in [0.29, 0.717) is 10.6 Å². The van der Waals surface area contributed by atoms with E-state index in [1.54, 1.807) is 23.5 Å². The van der Waals surface area contributed by atoms with Crippen LogP contribution in [0.25, 0.3) is 0 Å². The van der Waals surface area contributed by atoms with Crippen molar-refractivity contribution in [1.29, 1.82) is 0 Å². The van der Waals surface area contributed by atoms with Crippen molar-refractivity contribution in [2.75, 3.05) is 0 Å². The Morgan fingerprint density at radius 3 is 2.69 bits per heavy atom. The molecule has 0 spiro atoms. The predicted octanol–water partition coefficient (Wildman–Crippen LogP) is 4.19. The number of halogens is 3. The van der Waals surface area contributed by atoms with Crippen molar-refractivity contribution in [2.24, 2.45) is 5.73 Å². The predicted molar refractivity (Wildman–Crippen MR) is 74.5 cm³/mol. The molecule has 0 bridgehead atoms. The van der Waals surface area contributed by atoms with E-state index in [1.165, 1.54) is 6.07 Å². The SMILES string of the molecule is NC(c1csc(I)c1)c1ccc(Cl)cc1F. The van der Waals surface area contributed by atoms with Crippen LogP contribution in [0.3, 0.4) is 0 Å². The molecule has 16 heavy (non-hydrogen) atoms. The van der Waals surface area contributed by atoms with Crippen molar-refractivity contribution in [3.05, 3.63) is 54.5 Å². The number of benzene rings is 1. The summed E-state index contributed by atoms with van der Waals surface area (Å²) in [5.41, 5.74) is 7.40. The molecule has 0 radical (unpaired) electrons. The largest absolute Gasteiger partial charge is 0.320 e. The lowest BCUT2D eigenvalue weighted by Gasteiger charge is -2.11. The molecule has 1 atom stereocenters. The minimum Gasteiger partial charge on any atom is -0.320 e. The molecule has 0 amide bonds. The first-order valence-corrected chi connectivity index (χ1v) is 6.86. The molecule has 2 aromatic rings. The number of nitrogens with two attached hydrogens (primary N) is 1. The molecule has 1 nitrogen and oxygen atoms in total. The van der Waals surface area contributed by atoms with Gasteiger partial charge in [-0.25, -0.2) is 4.39 Å². The first-order chi connectivity index (χ1) is 7.58. The molecule has 1 aromatic heterocycles. The third kappa shape index (κ3) is 2.56. The number of thiophene rings is 1. The van der Waals surface area contributed by atoms with Gasteiger partial charge in [0.25, 0.3) is 0 Å². The van der Waals surface area contributed by atoms with Crippen molar-refractivity contribution in [1.82, 2.24) is 0 Å². The Balaban J connectivity index is 2.37. The number of hydrogen-bond acceptors (Lipinski definition) is 2. The summed E-state index contributed by atoms with van der Waals surface area (Å²) in [4.78, 5) is 0. The van der Waals surface area contributed by atoms with Crippen LogP contribution in [0.4, 0.5) is 4.39 Å². The van der Waals surface area contributed by atoms with Crippen LogP contribution in [0.15, 0.2) is 29.6 Å². The van der Waals surface area contributed by atoms with Crippen molar-refractivity contribution in [3.63, 3.8) is 0 Å². The van der Waals surface area contributed by atoms with Gasteiger partial charge in [0.05, 0.1) is 8.93 Å². The van der Waals surface area contributed by atoms with Crippen LogP contribution in [0.2, 0.25) is 5.02 Å². The fourth-order valence-corrected chi connectivity index (χ4v) is 2.99. The average molecular weight is 368 g/mol. The Morgan fingerprint density at radius 1 is 1.38 bits per heavy atom. The molecule has 84 valence electrons. The van der Waals surface area contributed by atoms with Crippen LogP contribution in [0, 0.1) is 8.70 Å². The second kappa shape index (κ2) is 5.00. The summed E-state index contributed by atoms with van der Waals surface area (Å²) in [7, 11) is 0. The second-order valence-corrected chi connectivity index (χ2v) is 6.57. The van der Waals surface area contributed by atoms with Gasteiger partial charge in [-0.1, -0.05) is 17.7 Å². The molecular formula is C11H8ClFINS. The molecule has 2 rings (SSSR count). The van der Waals surface area contributed by atoms with E-state index in [1.807, 2.05) is 11.4 Å². The van der Waals surface area contributed by atoms with Crippen molar-refractivity contribution in [2.45, 2.75) is 6.04 Å². The monoisotopic (exact) mass is 367 g/mol. The molecule has 0 aliphatic rings.